The minimum absolute atomic E-state index is 0. The van der Waals surface area contributed by atoms with Crippen LogP contribution in [-0.4, -0.2) is 62.2 Å². The van der Waals surface area contributed by atoms with Crippen LogP contribution in [0, 0.1) is 0 Å². The summed E-state index contributed by atoms with van der Waals surface area (Å²) in [5, 5.41) is 0.658. The lowest BCUT2D eigenvalue weighted by Crippen LogP contribution is -2.36. The van der Waals surface area contributed by atoms with E-state index in [1.54, 1.807) is 29.2 Å². The molecule has 10 heteroatoms. The van der Waals surface area contributed by atoms with Crippen molar-refractivity contribution in [3.8, 4) is 0 Å². The number of carbonyl (C=O) groups excluding carboxylic acids is 1. The molecule has 0 bridgehead atoms. The van der Waals surface area contributed by atoms with Crippen molar-refractivity contribution >= 4 is 55.0 Å². The number of nitrogens with zero attached hydrogens (tertiary/aromatic N) is 4. The van der Waals surface area contributed by atoms with Crippen LogP contribution in [-0.2, 0) is 29.4 Å². The van der Waals surface area contributed by atoms with Crippen molar-refractivity contribution in [1.29, 1.82) is 0 Å². The predicted molar refractivity (Wildman–Crippen MR) is 165 cm³/mol. The lowest BCUT2D eigenvalue weighted by Gasteiger charge is -2.28. The van der Waals surface area contributed by atoms with Crippen LogP contribution in [0.5, 0.6) is 0 Å². The molecule has 1 amide bonds. The number of anilines is 1. The molecule has 0 aliphatic carbocycles. The quantitative estimate of drug-likeness (QED) is 0.250. The second-order valence-corrected chi connectivity index (χ2v) is 13.1. The SMILES string of the molecule is CCc1ccc2nc(N(CCCN(C)C)C(=O)c3ccc(S(=O)(=O)N4CCc5ccccc5C4)cc3)sc2c1.Cl. The summed E-state index contributed by atoms with van der Waals surface area (Å²) < 4.78 is 29.4. The molecular weight excluding hydrogens is 564 g/mol. The van der Waals surface area contributed by atoms with Gasteiger partial charge in [-0.05, 0) is 93.0 Å². The molecule has 5 rings (SSSR count). The molecule has 0 radical (unpaired) electrons. The third-order valence-electron chi connectivity index (χ3n) is 7.15. The van der Waals surface area contributed by atoms with E-state index >= 15 is 0 Å². The molecule has 1 aromatic heterocycles. The number of rotatable bonds is 9. The minimum Gasteiger partial charge on any atom is -0.309 e. The van der Waals surface area contributed by atoms with Crippen molar-refractivity contribution in [2.24, 2.45) is 0 Å². The first-order chi connectivity index (χ1) is 18.8. The topological polar surface area (TPSA) is 73.8 Å². The first-order valence-electron chi connectivity index (χ1n) is 13.3. The van der Waals surface area contributed by atoms with Gasteiger partial charge < -0.3 is 4.90 Å². The number of carbonyl (C=O) groups is 1. The smallest absolute Gasteiger partial charge is 0.260 e. The van der Waals surface area contributed by atoms with Crippen molar-refractivity contribution in [1.82, 2.24) is 14.2 Å². The zero-order chi connectivity index (χ0) is 27.6. The molecule has 7 nitrogen and oxygen atoms in total. The maximum Gasteiger partial charge on any atom is 0.260 e. The number of amides is 1. The Morgan fingerprint density at radius 1 is 1.00 bits per heavy atom. The van der Waals surface area contributed by atoms with Crippen LogP contribution >= 0.6 is 23.7 Å². The Kier molecular flexibility index (Phi) is 9.64. The summed E-state index contributed by atoms with van der Waals surface area (Å²) in [6.07, 6.45) is 2.42. The Balaban J connectivity index is 0.00000370. The van der Waals surface area contributed by atoms with Gasteiger partial charge in [-0.1, -0.05) is 48.6 Å². The number of hydrogen-bond donors (Lipinski definition) is 0. The van der Waals surface area contributed by atoms with E-state index in [9.17, 15) is 13.2 Å². The molecule has 0 saturated heterocycles. The van der Waals surface area contributed by atoms with Gasteiger partial charge in [-0.3, -0.25) is 9.69 Å². The van der Waals surface area contributed by atoms with Gasteiger partial charge in [0.05, 0.1) is 15.1 Å². The average Bonchev–Trinajstić information content (AvgIpc) is 3.37. The van der Waals surface area contributed by atoms with Crippen molar-refractivity contribution < 1.29 is 13.2 Å². The monoisotopic (exact) mass is 598 g/mol. The van der Waals surface area contributed by atoms with Crippen molar-refractivity contribution in [2.45, 2.75) is 37.6 Å². The van der Waals surface area contributed by atoms with E-state index in [-0.39, 0.29) is 23.2 Å². The van der Waals surface area contributed by atoms with Gasteiger partial charge in [0.2, 0.25) is 10.0 Å². The van der Waals surface area contributed by atoms with E-state index in [0.717, 1.165) is 35.2 Å². The van der Waals surface area contributed by atoms with Crippen LogP contribution in [0.4, 0.5) is 5.13 Å². The Labute approximate surface area is 246 Å². The number of aryl methyl sites for hydroxylation is 1. The third-order valence-corrected chi connectivity index (χ3v) is 10.0. The van der Waals surface area contributed by atoms with Gasteiger partial charge >= 0.3 is 0 Å². The first kappa shape index (κ1) is 30.1. The number of aromatic nitrogens is 1. The number of fused-ring (bicyclic) bond motifs is 2. The molecule has 2 heterocycles. The summed E-state index contributed by atoms with van der Waals surface area (Å²) in [7, 11) is 0.346. The Morgan fingerprint density at radius 2 is 1.73 bits per heavy atom. The fraction of sp³-hybridized carbons (Fsp3) is 0.333. The molecule has 4 aromatic rings. The summed E-state index contributed by atoms with van der Waals surface area (Å²) in [6, 6.07) is 20.5. The normalized spacial score (nSPS) is 13.7. The Hall–Kier alpha value is -2.82. The van der Waals surface area contributed by atoms with E-state index in [0.29, 0.717) is 36.8 Å². The summed E-state index contributed by atoms with van der Waals surface area (Å²) in [5.74, 6) is -0.181. The minimum atomic E-state index is -3.67. The number of sulfonamides is 1. The highest BCUT2D eigenvalue weighted by molar-refractivity contribution is 7.89. The lowest BCUT2D eigenvalue weighted by molar-refractivity contribution is 0.0986. The molecule has 0 saturated carbocycles. The van der Waals surface area contributed by atoms with Gasteiger partial charge in [0.25, 0.3) is 5.91 Å². The second-order valence-electron chi connectivity index (χ2n) is 10.1. The molecule has 1 aliphatic rings. The van der Waals surface area contributed by atoms with E-state index in [2.05, 4.69) is 30.0 Å². The predicted octanol–water partition coefficient (Wildman–Crippen LogP) is 5.63. The number of thiazole rings is 1. The van der Waals surface area contributed by atoms with Gasteiger partial charge in [0, 0.05) is 25.2 Å². The van der Waals surface area contributed by atoms with E-state index < -0.39 is 10.0 Å². The van der Waals surface area contributed by atoms with E-state index in [4.69, 9.17) is 4.98 Å². The van der Waals surface area contributed by atoms with Gasteiger partial charge in [-0.25, -0.2) is 13.4 Å². The maximum atomic E-state index is 13.7. The fourth-order valence-corrected chi connectivity index (χ4v) is 7.34. The molecule has 0 N–H and O–H groups in total. The molecular formula is C30H35ClN4O3S2. The zero-order valence-electron chi connectivity index (χ0n) is 23.0. The highest BCUT2D eigenvalue weighted by Crippen LogP contribution is 2.31. The van der Waals surface area contributed by atoms with Crippen molar-refractivity contribution in [3.63, 3.8) is 0 Å². The van der Waals surface area contributed by atoms with Crippen LogP contribution in [0.25, 0.3) is 10.2 Å². The standard InChI is InChI=1S/C30H34N4O3S2.ClH/c1-4-22-10-15-27-28(20-22)38-30(31-27)34(18-7-17-32(2)3)29(35)24-11-13-26(14-12-24)39(36,37)33-19-16-23-8-5-6-9-25(23)21-33;/h5-6,8-15,20H,4,7,16-19,21H2,1-3H3;1H. The zero-order valence-corrected chi connectivity index (χ0v) is 25.5. The molecule has 0 spiro atoms. The van der Waals surface area contributed by atoms with Gasteiger partial charge in [0.1, 0.15) is 0 Å². The Bertz CT molecular complexity index is 1590. The van der Waals surface area contributed by atoms with Crippen LogP contribution in [0.2, 0.25) is 0 Å². The van der Waals surface area contributed by atoms with Crippen LogP contribution in [0.3, 0.4) is 0 Å². The number of hydrogen-bond acceptors (Lipinski definition) is 6. The van der Waals surface area contributed by atoms with Gasteiger partial charge in [-0.15, -0.1) is 12.4 Å². The Morgan fingerprint density at radius 3 is 2.42 bits per heavy atom. The van der Waals surface area contributed by atoms with Crippen LogP contribution in [0.15, 0.2) is 71.6 Å². The molecule has 0 unspecified atom stereocenters. The second kappa shape index (κ2) is 12.8. The van der Waals surface area contributed by atoms with Crippen LogP contribution < -0.4 is 4.90 Å². The third kappa shape index (κ3) is 6.39. The van der Waals surface area contributed by atoms with Gasteiger partial charge in [-0.2, -0.15) is 4.31 Å². The molecule has 40 heavy (non-hydrogen) atoms. The van der Waals surface area contributed by atoms with Crippen molar-refractivity contribution in [2.75, 3.05) is 38.6 Å². The van der Waals surface area contributed by atoms with Crippen molar-refractivity contribution in [3.05, 3.63) is 89.0 Å². The van der Waals surface area contributed by atoms with Crippen LogP contribution in [0.1, 0.15) is 40.4 Å². The fourth-order valence-electron chi connectivity index (χ4n) is 4.87. The molecule has 1 aliphatic heterocycles. The molecule has 0 fully saturated rings. The summed E-state index contributed by atoms with van der Waals surface area (Å²) in [5.41, 5.74) is 4.78. The molecule has 212 valence electrons. The highest BCUT2D eigenvalue weighted by atomic mass is 35.5. The molecule has 0 atom stereocenters. The van der Waals surface area contributed by atoms with E-state index in [1.807, 2.05) is 38.4 Å². The van der Waals surface area contributed by atoms with Gasteiger partial charge in [0.15, 0.2) is 5.13 Å². The average molecular weight is 599 g/mol. The maximum absolute atomic E-state index is 13.7. The highest BCUT2D eigenvalue weighted by Gasteiger charge is 2.29. The lowest BCUT2D eigenvalue weighted by atomic mass is 10.0. The summed E-state index contributed by atoms with van der Waals surface area (Å²) >= 11 is 1.52. The number of benzene rings is 3. The summed E-state index contributed by atoms with van der Waals surface area (Å²) in [6.45, 7) is 4.27. The van der Waals surface area contributed by atoms with E-state index in [1.165, 1.54) is 26.8 Å². The molecule has 3 aromatic carbocycles. The first-order valence-corrected chi connectivity index (χ1v) is 15.5. The summed E-state index contributed by atoms with van der Waals surface area (Å²) in [4.78, 5) is 22.5. The largest absolute Gasteiger partial charge is 0.309 e. The number of halogens is 1.